The average molecular weight is 356 g/mol. The molecule has 118 valence electrons. The van der Waals surface area contributed by atoms with Gasteiger partial charge in [0.05, 0.1) is 15.1 Å². The highest BCUT2D eigenvalue weighted by Gasteiger charge is 2.31. The van der Waals surface area contributed by atoms with Gasteiger partial charge in [0.1, 0.15) is 4.90 Å². The monoisotopic (exact) mass is 355 g/mol. The number of sulfone groups is 2. The number of benzene rings is 1. The molecule has 0 aliphatic rings. The summed E-state index contributed by atoms with van der Waals surface area (Å²) in [6.07, 6.45) is 1.02. The molecule has 21 heavy (non-hydrogen) atoms. The second kappa shape index (κ2) is 6.29. The van der Waals surface area contributed by atoms with E-state index in [2.05, 4.69) is 0 Å². The predicted molar refractivity (Wildman–Crippen MR) is 78.2 cm³/mol. The molecule has 1 aromatic rings. The first kappa shape index (κ1) is 17.9. The van der Waals surface area contributed by atoms with Crippen molar-refractivity contribution in [1.82, 2.24) is 0 Å². The lowest BCUT2D eigenvalue weighted by Gasteiger charge is -2.12. The van der Waals surface area contributed by atoms with Gasteiger partial charge < -0.3 is 0 Å². The van der Waals surface area contributed by atoms with Crippen molar-refractivity contribution in [2.45, 2.75) is 28.4 Å². The fourth-order valence-corrected chi connectivity index (χ4v) is 4.28. The molecular formula is C11H14ClNO6S2. The van der Waals surface area contributed by atoms with Gasteiger partial charge in [-0.25, -0.2) is 16.8 Å². The van der Waals surface area contributed by atoms with Gasteiger partial charge in [-0.2, -0.15) is 0 Å². The average Bonchev–Trinajstić information content (AvgIpc) is 2.37. The van der Waals surface area contributed by atoms with Crippen LogP contribution in [0.2, 0.25) is 0 Å². The molecule has 0 aliphatic heterocycles. The lowest BCUT2D eigenvalue weighted by Crippen LogP contribution is -2.20. The van der Waals surface area contributed by atoms with Crippen LogP contribution in [-0.2, 0) is 19.7 Å². The molecular weight excluding hydrogens is 342 g/mol. The summed E-state index contributed by atoms with van der Waals surface area (Å²) in [4.78, 5) is 9.33. The van der Waals surface area contributed by atoms with Crippen molar-refractivity contribution in [3.8, 4) is 0 Å². The third kappa shape index (κ3) is 3.92. The Morgan fingerprint density at radius 1 is 1.29 bits per heavy atom. The zero-order chi connectivity index (χ0) is 16.4. The minimum absolute atomic E-state index is 0.0929. The van der Waals surface area contributed by atoms with Crippen molar-refractivity contribution in [3.63, 3.8) is 0 Å². The fourth-order valence-electron chi connectivity index (χ4n) is 1.64. The summed E-state index contributed by atoms with van der Waals surface area (Å²) in [5.41, 5.74) is -0.751. The zero-order valence-corrected chi connectivity index (χ0v) is 13.7. The topological polar surface area (TPSA) is 111 Å². The smallest absolute Gasteiger partial charge is 0.258 e. The molecule has 0 aliphatic carbocycles. The van der Waals surface area contributed by atoms with Gasteiger partial charge in [0, 0.05) is 18.2 Å². The number of nitro groups is 1. The van der Waals surface area contributed by atoms with Crippen LogP contribution in [0.1, 0.15) is 13.3 Å². The van der Waals surface area contributed by atoms with E-state index in [1.807, 2.05) is 0 Å². The van der Waals surface area contributed by atoms with Gasteiger partial charge in [0.15, 0.2) is 19.7 Å². The van der Waals surface area contributed by atoms with Crippen molar-refractivity contribution >= 4 is 37.0 Å². The Morgan fingerprint density at radius 3 is 2.29 bits per heavy atom. The minimum atomic E-state index is -3.96. The quantitative estimate of drug-likeness (QED) is 0.437. The molecule has 0 saturated heterocycles. The van der Waals surface area contributed by atoms with Crippen LogP contribution >= 0.6 is 11.6 Å². The summed E-state index contributed by atoms with van der Waals surface area (Å²) in [5.74, 6) is 0.0929. The number of halogens is 1. The Labute approximate surface area is 127 Å². The maximum atomic E-state index is 12.3. The second-order valence-electron chi connectivity index (χ2n) is 4.49. The highest BCUT2D eigenvalue weighted by molar-refractivity contribution is 7.92. The standard InChI is InChI=1S/C11H14ClNO6S2/c1-8(5-6-12)21(18,19)11-4-3-9(20(2,16)17)7-10(11)13(14)15/h3-4,7-8H,5-6H2,1-2H3. The van der Waals surface area contributed by atoms with Gasteiger partial charge in [-0.3, -0.25) is 10.1 Å². The SMILES string of the molecule is CC(CCCl)S(=O)(=O)c1ccc(S(C)(=O)=O)cc1[N+](=O)[O-]. The normalized spacial score (nSPS) is 13.9. The molecule has 1 unspecified atom stereocenters. The Balaban J connectivity index is 3.55. The van der Waals surface area contributed by atoms with E-state index in [9.17, 15) is 26.9 Å². The molecule has 1 rings (SSSR count). The van der Waals surface area contributed by atoms with Crippen LogP contribution in [-0.4, -0.2) is 39.1 Å². The number of nitro benzene ring substituents is 1. The van der Waals surface area contributed by atoms with E-state index in [0.29, 0.717) is 0 Å². The van der Waals surface area contributed by atoms with Crippen molar-refractivity contribution < 1.29 is 21.8 Å². The van der Waals surface area contributed by atoms with E-state index in [1.165, 1.54) is 6.92 Å². The van der Waals surface area contributed by atoms with Crippen LogP contribution in [0.4, 0.5) is 5.69 Å². The molecule has 10 heteroatoms. The first-order valence-electron chi connectivity index (χ1n) is 5.80. The van der Waals surface area contributed by atoms with Gasteiger partial charge in [0.25, 0.3) is 5.69 Å². The molecule has 0 spiro atoms. The van der Waals surface area contributed by atoms with Crippen LogP contribution in [0, 0.1) is 10.1 Å². The first-order valence-corrected chi connectivity index (χ1v) is 9.77. The van der Waals surface area contributed by atoms with E-state index < -0.39 is 40.4 Å². The Bertz CT molecular complexity index is 757. The van der Waals surface area contributed by atoms with Crippen LogP contribution in [0.3, 0.4) is 0 Å². The predicted octanol–water partition coefficient (Wildman–Crippen LogP) is 1.79. The van der Waals surface area contributed by atoms with Crippen molar-refractivity contribution in [2.24, 2.45) is 0 Å². The Hall–Kier alpha value is -1.19. The number of rotatable bonds is 6. The van der Waals surface area contributed by atoms with Crippen molar-refractivity contribution in [3.05, 3.63) is 28.3 Å². The van der Waals surface area contributed by atoms with Crippen LogP contribution < -0.4 is 0 Å². The van der Waals surface area contributed by atoms with E-state index in [1.54, 1.807) is 0 Å². The van der Waals surface area contributed by atoms with E-state index in [-0.39, 0.29) is 17.2 Å². The molecule has 0 N–H and O–H groups in total. The molecule has 0 radical (unpaired) electrons. The highest BCUT2D eigenvalue weighted by atomic mass is 35.5. The van der Waals surface area contributed by atoms with Crippen LogP contribution in [0.25, 0.3) is 0 Å². The molecule has 0 saturated carbocycles. The number of nitrogens with zero attached hydrogens (tertiary/aromatic N) is 1. The summed E-state index contributed by atoms with van der Waals surface area (Å²) in [7, 11) is -7.63. The Morgan fingerprint density at radius 2 is 1.86 bits per heavy atom. The molecule has 1 atom stereocenters. The zero-order valence-electron chi connectivity index (χ0n) is 11.3. The molecule has 1 aromatic carbocycles. The van der Waals surface area contributed by atoms with E-state index in [4.69, 9.17) is 11.6 Å². The summed E-state index contributed by atoms with van der Waals surface area (Å²) < 4.78 is 47.4. The number of hydrogen-bond acceptors (Lipinski definition) is 6. The lowest BCUT2D eigenvalue weighted by molar-refractivity contribution is -0.388. The van der Waals surface area contributed by atoms with Gasteiger partial charge >= 0.3 is 0 Å². The number of alkyl halides is 1. The van der Waals surface area contributed by atoms with E-state index >= 15 is 0 Å². The molecule has 0 bridgehead atoms. The van der Waals surface area contributed by atoms with Gasteiger partial charge in [-0.15, -0.1) is 11.6 Å². The van der Waals surface area contributed by atoms with Gasteiger partial charge in [-0.05, 0) is 25.5 Å². The van der Waals surface area contributed by atoms with Gasteiger partial charge in [0.2, 0.25) is 0 Å². The molecule has 0 amide bonds. The van der Waals surface area contributed by atoms with E-state index in [0.717, 1.165) is 24.5 Å². The summed E-state index contributed by atoms with van der Waals surface area (Å²) in [6.45, 7) is 1.39. The van der Waals surface area contributed by atoms with Gasteiger partial charge in [-0.1, -0.05) is 0 Å². The molecule has 0 aromatic heterocycles. The maximum Gasteiger partial charge on any atom is 0.289 e. The number of hydrogen-bond donors (Lipinski definition) is 0. The van der Waals surface area contributed by atoms with Crippen molar-refractivity contribution in [2.75, 3.05) is 12.1 Å². The van der Waals surface area contributed by atoms with Crippen LogP contribution in [0.5, 0.6) is 0 Å². The summed E-state index contributed by atoms with van der Waals surface area (Å²) in [6, 6.07) is 2.76. The summed E-state index contributed by atoms with van der Waals surface area (Å²) in [5, 5.41) is 10.1. The Kier molecular flexibility index (Phi) is 5.35. The summed E-state index contributed by atoms with van der Waals surface area (Å²) >= 11 is 5.50. The van der Waals surface area contributed by atoms with Crippen LogP contribution in [0.15, 0.2) is 28.0 Å². The lowest BCUT2D eigenvalue weighted by atomic mass is 10.3. The largest absolute Gasteiger partial charge is 0.289 e. The fraction of sp³-hybridized carbons (Fsp3) is 0.455. The third-order valence-corrected chi connectivity index (χ3v) is 6.49. The third-order valence-electron chi connectivity index (χ3n) is 2.91. The highest BCUT2D eigenvalue weighted by Crippen LogP contribution is 2.30. The first-order chi connectivity index (χ1) is 9.51. The minimum Gasteiger partial charge on any atom is -0.258 e. The molecule has 0 fully saturated rings. The maximum absolute atomic E-state index is 12.3. The van der Waals surface area contributed by atoms with Crippen molar-refractivity contribution in [1.29, 1.82) is 0 Å². The molecule has 0 heterocycles. The molecule has 7 nitrogen and oxygen atoms in total. The second-order valence-corrected chi connectivity index (χ2v) is 9.22.